The largest absolute Gasteiger partial charge is 0.464 e. The predicted molar refractivity (Wildman–Crippen MR) is 50.3 cm³/mol. The number of nitrogens with zero attached hydrogens (tertiary/aromatic N) is 1. The van der Waals surface area contributed by atoms with E-state index in [1.165, 1.54) is 0 Å². The summed E-state index contributed by atoms with van der Waals surface area (Å²) in [5.74, 6) is -4.99. The van der Waals surface area contributed by atoms with E-state index in [0.717, 1.165) is 13.2 Å². The van der Waals surface area contributed by atoms with Crippen molar-refractivity contribution in [2.45, 2.75) is 0 Å². The van der Waals surface area contributed by atoms with Crippen molar-refractivity contribution in [2.75, 3.05) is 7.11 Å². The summed E-state index contributed by atoms with van der Waals surface area (Å²) < 4.78 is 43.9. The number of carbonyl (C=O) groups excluding carboxylic acids is 1. The Labute approximate surface area is 92.8 Å². The molecular weight excluding hydrogens is 239 g/mol. The van der Waals surface area contributed by atoms with E-state index in [2.05, 4.69) is 4.74 Å². The third-order valence-electron chi connectivity index (χ3n) is 2.30. The Balaban J connectivity index is 2.87. The molecule has 1 aromatic carbocycles. The number of esters is 1. The van der Waals surface area contributed by atoms with Crippen molar-refractivity contribution in [1.29, 1.82) is 0 Å². The second kappa shape index (κ2) is 3.69. The van der Waals surface area contributed by atoms with Crippen molar-refractivity contribution < 1.29 is 27.9 Å². The first-order chi connectivity index (χ1) is 7.97. The fourth-order valence-corrected chi connectivity index (χ4v) is 1.51. The van der Waals surface area contributed by atoms with Gasteiger partial charge in [-0.25, -0.2) is 18.0 Å². The lowest BCUT2D eigenvalue weighted by atomic mass is 10.2. The maximum absolute atomic E-state index is 13.3. The minimum Gasteiger partial charge on any atom is -0.464 e. The van der Waals surface area contributed by atoms with E-state index in [1.54, 1.807) is 0 Å². The van der Waals surface area contributed by atoms with Crippen molar-refractivity contribution in [1.82, 2.24) is 4.73 Å². The number of fused-ring (bicyclic) bond motifs is 1. The van der Waals surface area contributed by atoms with Crippen LogP contribution in [0.15, 0.2) is 12.1 Å². The summed E-state index contributed by atoms with van der Waals surface area (Å²) in [4.78, 5) is 11.2. The third kappa shape index (κ3) is 1.50. The van der Waals surface area contributed by atoms with E-state index in [1.807, 2.05) is 0 Å². The molecule has 1 heterocycles. The molecule has 7 heteroatoms. The van der Waals surface area contributed by atoms with Gasteiger partial charge in [0.25, 0.3) is 0 Å². The fraction of sp³-hybridized carbons (Fsp3) is 0.100. The fourth-order valence-electron chi connectivity index (χ4n) is 1.51. The van der Waals surface area contributed by atoms with Crippen molar-refractivity contribution >= 4 is 16.9 Å². The van der Waals surface area contributed by atoms with E-state index in [-0.39, 0.29) is 4.73 Å². The third-order valence-corrected chi connectivity index (χ3v) is 2.30. The number of halogens is 3. The second-order valence-corrected chi connectivity index (χ2v) is 3.25. The van der Waals surface area contributed by atoms with Crippen LogP contribution in [-0.4, -0.2) is 23.0 Å². The van der Waals surface area contributed by atoms with Gasteiger partial charge in [0.05, 0.1) is 7.11 Å². The van der Waals surface area contributed by atoms with E-state index >= 15 is 0 Å². The van der Waals surface area contributed by atoms with E-state index in [0.29, 0.717) is 6.07 Å². The number of rotatable bonds is 1. The maximum atomic E-state index is 13.3. The minimum absolute atomic E-state index is 0.0582. The molecule has 1 N–H and O–H groups in total. The van der Waals surface area contributed by atoms with Crippen LogP contribution in [0.1, 0.15) is 10.5 Å². The van der Waals surface area contributed by atoms with Crippen LogP contribution < -0.4 is 0 Å². The first-order valence-electron chi connectivity index (χ1n) is 4.44. The summed E-state index contributed by atoms with van der Waals surface area (Å²) in [7, 11) is 1.04. The summed E-state index contributed by atoms with van der Waals surface area (Å²) in [6.07, 6.45) is 0. The quantitative estimate of drug-likeness (QED) is 0.475. The number of hydrogen-bond acceptors (Lipinski definition) is 3. The normalized spacial score (nSPS) is 10.8. The van der Waals surface area contributed by atoms with Crippen molar-refractivity contribution in [2.24, 2.45) is 0 Å². The van der Waals surface area contributed by atoms with Gasteiger partial charge in [-0.3, -0.25) is 0 Å². The molecule has 2 rings (SSSR count). The molecule has 0 saturated heterocycles. The first-order valence-corrected chi connectivity index (χ1v) is 4.44. The molecule has 0 aliphatic heterocycles. The summed E-state index contributed by atoms with van der Waals surface area (Å²) >= 11 is 0. The molecule has 0 aliphatic rings. The smallest absolute Gasteiger partial charge is 0.358 e. The summed E-state index contributed by atoms with van der Waals surface area (Å²) in [5.41, 5.74) is -1.24. The molecule has 1 aromatic heterocycles. The van der Waals surface area contributed by atoms with Gasteiger partial charge in [0, 0.05) is 11.5 Å². The van der Waals surface area contributed by atoms with Gasteiger partial charge in [-0.2, -0.15) is 4.73 Å². The summed E-state index contributed by atoms with van der Waals surface area (Å²) in [5, 5.41) is 9.05. The molecule has 0 bridgehead atoms. The highest BCUT2D eigenvalue weighted by molar-refractivity contribution is 5.95. The molecule has 4 nitrogen and oxygen atoms in total. The zero-order valence-electron chi connectivity index (χ0n) is 8.50. The SMILES string of the molecule is COC(=O)c1cc2c(F)cc(F)c(F)c2n1O. The highest BCUT2D eigenvalue weighted by atomic mass is 19.2. The van der Waals surface area contributed by atoms with Gasteiger partial charge in [-0.05, 0) is 6.07 Å². The van der Waals surface area contributed by atoms with Crippen LogP contribution in [0.3, 0.4) is 0 Å². The maximum Gasteiger partial charge on any atom is 0.358 e. The Morgan fingerprint density at radius 3 is 2.53 bits per heavy atom. The van der Waals surface area contributed by atoms with Crippen LogP contribution >= 0.6 is 0 Å². The highest BCUT2D eigenvalue weighted by Crippen LogP contribution is 2.26. The molecule has 0 saturated carbocycles. The molecule has 2 aromatic rings. The number of hydrogen-bond donors (Lipinski definition) is 1. The Bertz CT molecular complexity index is 621. The monoisotopic (exact) mass is 245 g/mol. The average Bonchev–Trinajstić information content (AvgIpc) is 2.64. The number of ether oxygens (including phenoxy) is 1. The van der Waals surface area contributed by atoms with E-state index < -0.39 is 40.0 Å². The zero-order valence-corrected chi connectivity index (χ0v) is 8.50. The molecule has 17 heavy (non-hydrogen) atoms. The molecule has 0 fully saturated rings. The van der Waals surface area contributed by atoms with Crippen LogP contribution in [-0.2, 0) is 4.74 Å². The number of carbonyl (C=O) groups is 1. The molecule has 0 atom stereocenters. The Morgan fingerprint density at radius 2 is 1.94 bits per heavy atom. The van der Waals surface area contributed by atoms with Gasteiger partial charge in [0.2, 0.25) is 0 Å². The molecule has 90 valence electrons. The van der Waals surface area contributed by atoms with Gasteiger partial charge in [-0.1, -0.05) is 0 Å². The number of methoxy groups -OCH3 is 1. The van der Waals surface area contributed by atoms with E-state index in [4.69, 9.17) is 0 Å². The van der Waals surface area contributed by atoms with Crippen LogP contribution in [0.5, 0.6) is 0 Å². The molecule has 0 radical (unpaired) electrons. The van der Waals surface area contributed by atoms with E-state index in [9.17, 15) is 23.2 Å². The summed E-state index contributed by atoms with van der Waals surface area (Å²) in [6, 6.07) is 1.21. The highest BCUT2D eigenvalue weighted by Gasteiger charge is 2.23. The Hall–Kier alpha value is -2.18. The topological polar surface area (TPSA) is 51.5 Å². The second-order valence-electron chi connectivity index (χ2n) is 3.25. The first kappa shape index (κ1) is 11.3. The van der Waals surface area contributed by atoms with Gasteiger partial charge in [0.1, 0.15) is 11.3 Å². The molecule has 0 unspecified atom stereocenters. The average molecular weight is 245 g/mol. The van der Waals surface area contributed by atoms with Crippen LogP contribution in [0, 0.1) is 17.5 Å². The molecule has 0 aliphatic carbocycles. The molecular formula is C10H6F3NO3. The van der Waals surface area contributed by atoms with Crippen LogP contribution in [0.25, 0.3) is 10.9 Å². The standard InChI is InChI=1S/C10H6F3NO3/c1-17-10(15)7-2-4-5(11)3-6(12)8(13)9(4)14(7)16/h2-3,16H,1H3. The van der Waals surface area contributed by atoms with Gasteiger partial charge in [-0.15, -0.1) is 0 Å². The van der Waals surface area contributed by atoms with Crippen molar-refractivity contribution in [3.8, 4) is 0 Å². The van der Waals surface area contributed by atoms with Gasteiger partial charge >= 0.3 is 5.97 Å². The number of aromatic nitrogens is 1. The van der Waals surface area contributed by atoms with Gasteiger partial charge in [0.15, 0.2) is 17.3 Å². The van der Waals surface area contributed by atoms with Gasteiger partial charge < -0.3 is 9.94 Å². The lowest BCUT2D eigenvalue weighted by molar-refractivity contribution is 0.0553. The van der Waals surface area contributed by atoms with Crippen LogP contribution in [0.2, 0.25) is 0 Å². The molecule has 0 amide bonds. The van der Waals surface area contributed by atoms with Crippen LogP contribution in [0.4, 0.5) is 13.2 Å². The van der Waals surface area contributed by atoms with Crippen molar-refractivity contribution in [3.63, 3.8) is 0 Å². The lowest BCUT2D eigenvalue weighted by Gasteiger charge is -2.01. The number of benzene rings is 1. The predicted octanol–water partition coefficient (Wildman–Crippen LogP) is 2.08. The zero-order chi connectivity index (χ0) is 12.7. The van der Waals surface area contributed by atoms with Crippen molar-refractivity contribution in [3.05, 3.63) is 35.3 Å². The Kier molecular flexibility index (Phi) is 2.45. The Morgan fingerprint density at radius 1 is 1.29 bits per heavy atom. The molecule has 0 spiro atoms. The lowest BCUT2D eigenvalue weighted by Crippen LogP contribution is -2.08. The summed E-state index contributed by atoms with van der Waals surface area (Å²) in [6.45, 7) is 0. The minimum atomic E-state index is -1.46.